The number of halogens is 1. The van der Waals surface area contributed by atoms with Gasteiger partial charge in [-0.2, -0.15) is 0 Å². The molecule has 15 heavy (non-hydrogen) atoms. The van der Waals surface area contributed by atoms with Crippen molar-refractivity contribution in [1.82, 2.24) is 0 Å². The van der Waals surface area contributed by atoms with Gasteiger partial charge in [0.25, 0.3) is 0 Å². The van der Waals surface area contributed by atoms with Gasteiger partial charge in [0.1, 0.15) is 0 Å². The number of carbonyl (C=O) groups is 1. The third-order valence-corrected chi connectivity index (χ3v) is 3.78. The number of hydrogen-bond acceptors (Lipinski definition) is 2. The number of carboxylic acid groups (broad SMARTS) is 1. The van der Waals surface area contributed by atoms with Crippen molar-refractivity contribution in [2.45, 2.75) is 12.8 Å². The standard InChI is InChI=1S/C11H9BrO2S/c12-8-1-3-10-7(5-8)6-9(15-10)2-4-11(13)14/h1,3,5-6H,2,4H2,(H,13,14). The van der Waals surface area contributed by atoms with E-state index in [1.165, 1.54) is 10.1 Å². The van der Waals surface area contributed by atoms with Crippen LogP contribution in [0.15, 0.2) is 28.7 Å². The molecule has 0 unspecified atom stereocenters. The zero-order chi connectivity index (χ0) is 10.8. The smallest absolute Gasteiger partial charge is 0.303 e. The lowest BCUT2D eigenvalue weighted by molar-refractivity contribution is -0.136. The first-order valence-corrected chi connectivity index (χ1v) is 6.16. The predicted molar refractivity (Wildman–Crippen MR) is 65.5 cm³/mol. The number of thiophene rings is 1. The molecule has 0 spiro atoms. The molecule has 0 radical (unpaired) electrons. The summed E-state index contributed by atoms with van der Waals surface area (Å²) in [6.07, 6.45) is 0.820. The molecular weight excluding hydrogens is 276 g/mol. The van der Waals surface area contributed by atoms with Crippen LogP contribution >= 0.6 is 27.3 Å². The highest BCUT2D eigenvalue weighted by Gasteiger charge is 2.04. The first kappa shape index (κ1) is 10.6. The lowest BCUT2D eigenvalue weighted by atomic mass is 10.2. The van der Waals surface area contributed by atoms with Crippen molar-refractivity contribution in [3.63, 3.8) is 0 Å². The molecule has 0 saturated carbocycles. The van der Waals surface area contributed by atoms with Gasteiger partial charge in [0.15, 0.2) is 0 Å². The van der Waals surface area contributed by atoms with Gasteiger partial charge < -0.3 is 5.11 Å². The van der Waals surface area contributed by atoms with Crippen LogP contribution in [0.2, 0.25) is 0 Å². The first-order chi connectivity index (χ1) is 7.15. The van der Waals surface area contributed by atoms with E-state index in [4.69, 9.17) is 5.11 Å². The van der Waals surface area contributed by atoms with Crippen molar-refractivity contribution < 1.29 is 9.90 Å². The van der Waals surface area contributed by atoms with Gasteiger partial charge in [0.05, 0.1) is 6.42 Å². The zero-order valence-electron chi connectivity index (χ0n) is 7.87. The lowest BCUT2D eigenvalue weighted by Gasteiger charge is -1.89. The molecule has 0 atom stereocenters. The summed E-state index contributed by atoms with van der Waals surface area (Å²) in [5.41, 5.74) is 0. The Balaban J connectivity index is 2.27. The molecule has 0 aliphatic carbocycles. The van der Waals surface area contributed by atoms with Crippen molar-refractivity contribution in [2.24, 2.45) is 0 Å². The van der Waals surface area contributed by atoms with E-state index in [2.05, 4.69) is 28.1 Å². The Morgan fingerprint density at radius 1 is 1.40 bits per heavy atom. The molecule has 0 bridgehead atoms. The maximum atomic E-state index is 10.4. The van der Waals surface area contributed by atoms with Crippen LogP contribution in [0.4, 0.5) is 0 Å². The number of aliphatic carboxylic acids is 1. The van der Waals surface area contributed by atoms with Gasteiger partial charge in [-0.1, -0.05) is 15.9 Å². The van der Waals surface area contributed by atoms with Crippen molar-refractivity contribution in [3.05, 3.63) is 33.6 Å². The van der Waals surface area contributed by atoms with Gasteiger partial charge in [0.2, 0.25) is 0 Å². The second-order valence-corrected chi connectivity index (χ2v) is 5.37. The number of carboxylic acids is 1. The highest BCUT2D eigenvalue weighted by Crippen LogP contribution is 2.28. The van der Waals surface area contributed by atoms with E-state index in [1.807, 2.05) is 12.1 Å². The average molecular weight is 285 g/mol. The van der Waals surface area contributed by atoms with Crippen LogP contribution in [0, 0.1) is 0 Å². The molecule has 1 aromatic heterocycles. The molecular formula is C11H9BrO2S. The molecule has 0 amide bonds. The summed E-state index contributed by atoms with van der Waals surface area (Å²) in [6.45, 7) is 0. The van der Waals surface area contributed by atoms with Crippen LogP contribution in [0.3, 0.4) is 0 Å². The predicted octanol–water partition coefficient (Wildman–Crippen LogP) is 3.68. The van der Waals surface area contributed by atoms with E-state index in [-0.39, 0.29) is 6.42 Å². The molecule has 0 aliphatic rings. The van der Waals surface area contributed by atoms with Crippen molar-refractivity contribution >= 4 is 43.3 Å². The number of benzene rings is 1. The summed E-state index contributed by atoms with van der Waals surface area (Å²) in [7, 11) is 0. The Hall–Kier alpha value is -0.870. The molecule has 2 nitrogen and oxygen atoms in total. The second-order valence-electron chi connectivity index (χ2n) is 3.29. The third-order valence-electron chi connectivity index (χ3n) is 2.11. The summed E-state index contributed by atoms with van der Waals surface area (Å²) < 4.78 is 2.26. The van der Waals surface area contributed by atoms with Gasteiger partial charge in [-0.15, -0.1) is 11.3 Å². The van der Waals surface area contributed by atoms with E-state index in [0.29, 0.717) is 6.42 Å². The van der Waals surface area contributed by atoms with Crippen LogP contribution in [0.25, 0.3) is 10.1 Å². The minimum absolute atomic E-state index is 0.202. The van der Waals surface area contributed by atoms with Crippen molar-refractivity contribution in [2.75, 3.05) is 0 Å². The van der Waals surface area contributed by atoms with Crippen LogP contribution in [0.1, 0.15) is 11.3 Å². The van der Waals surface area contributed by atoms with Crippen LogP contribution in [-0.4, -0.2) is 11.1 Å². The zero-order valence-corrected chi connectivity index (χ0v) is 10.3. The third kappa shape index (κ3) is 2.58. The van der Waals surface area contributed by atoms with Crippen molar-refractivity contribution in [1.29, 1.82) is 0 Å². The maximum Gasteiger partial charge on any atom is 0.303 e. The average Bonchev–Trinajstić information content (AvgIpc) is 2.56. The SMILES string of the molecule is O=C(O)CCc1cc2cc(Br)ccc2s1. The van der Waals surface area contributed by atoms with Gasteiger partial charge in [0, 0.05) is 14.0 Å². The van der Waals surface area contributed by atoms with E-state index in [9.17, 15) is 4.79 Å². The Labute approximate surface area is 99.7 Å². The molecule has 0 saturated heterocycles. The number of fused-ring (bicyclic) bond motifs is 1. The van der Waals surface area contributed by atoms with Gasteiger partial charge in [-0.25, -0.2) is 0 Å². The van der Waals surface area contributed by atoms with Crippen LogP contribution in [0.5, 0.6) is 0 Å². The minimum atomic E-state index is -0.742. The molecule has 78 valence electrons. The first-order valence-electron chi connectivity index (χ1n) is 4.55. The number of rotatable bonds is 3. The fourth-order valence-electron chi connectivity index (χ4n) is 1.42. The molecule has 2 rings (SSSR count). The summed E-state index contributed by atoms with van der Waals surface area (Å²) in [4.78, 5) is 11.6. The molecule has 2 aromatic rings. The van der Waals surface area contributed by atoms with Crippen LogP contribution < -0.4 is 0 Å². The molecule has 4 heteroatoms. The van der Waals surface area contributed by atoms with E-state index in [1.54, 1.807) is 11.3 Å². The molecule has 1 aromatic carbocycles. The quantitative estimate of drug-likeness (QED) is 0.934. The molecule has 1 N–H and O–H groups in total. The Kier molecular flexibility index (Phi) is 3.07. The molecule has 0 fully saturated rings. The number of aryl methyl sites for hydroxylation is 1. The highest BCUT2D eigenvalue weighted by atomic mass is 79.9. The monoisotopic (exact) mass is 284 g/mol. The van der Waals surface area contributed by atoms with Crippen LogP contribution in [-0.2, 0) is 11.2 Å². The summed E-state index contributed by atoms with van der Waals surface area (Å²) in [5.74, 6) is -0.742. The topological polar surface area (TPSA) is 37.3 Å². The molecule has 0 aliphatic heterocycles. The normalized spacial score (nSPS) is 10.7. The van der Waals surface area contributed by atoms with E-state index < -0.39 is 5.97 Å². The second kappa shape index (κ2) is 4.33. The largest absolute Gasteiger partial charge is 0.481 e. The summed E-state index contributed by atoms with van der Waals surface area (Å²) >= 11 is 5.08. The number of hydrogen-bond donors (Lipinski definition) is 1. The van der Waals surface area contributed by atoms with Gasteiger partial charge >= 0.3 is 5.97 Å². The Morgan fingerprint density at radius 3 is 2.93 bits per heavy atom. The van der Waals surface area contributed by atoms with Crippen molar-refractivity contribution in [3.8, 4) is 0 Å². The Morgan fingerprint density at radius 2 is 2.20 bits per heavy atom. The van der Waals surface area contributed by atoms with Gasteiger partial charge in [-0.3, -0.25) is 4.79 Å². The van der Waals surface area contributed by atoms with E-state index >= 15 is 0 Å². The minimum Gasteiger partial charge on any atom is -0.481 e. The summed E-state index contributed by atoms with van der Waals surface area (Å²) in [6, 6.07) is 8.16. The highest BCUT2D eigenvalue weighted by molar-refractivity contribution is 9.10. The molecule has 1 heterocycles. The maximum absolute atomic E-state index is 10.4. The fourth-order valence-corrected chi connectivity index (χ4v) is 2.85. The Bertz CT molecular complexity index is 504. The summed E-state index contributed by atoms with van der Waals surface area (Å²) in [5, 5.41) is 9.77. The lowest BCUT2D eigenvalue weighted by Crippen LogP contribution is -1.95. The van der Waals surface area contributed by atoms with E-state index in [0.717, 1.165) is 9.35 Å². The fraction of sp³-hybridized carbons (Fsp3) is 0.182. The van der Waals surface area contributed by atoms with Gasteiger partial charge in [-0.05, 0) is 36.1 Å².